The van der Waals surface area contributed by atoms with E-state index in [-0.39, 0.29) is 50.5 Å². The minimum atomic E-state index is -2.81. The summed E-state index contributed by atoms with van der Waals surface area (Å²) < 4.78 is 30.8. The van der Waals surface area contributed by atoms with Crippen molar-refractivity contribution in [2.45, 2.75) is 58.1 Å². The molecular weight excluding hydrogens is 374 g/mol. The average molecular weight is 398 g/mol. The Hall–Kier alpha value is -2.36. The number of imide groups is 1. The van der Waals surface area contributed by atoms with E-state index in [0.29, 0.717) is 18.4 Å². The Bertz CT molecular complexity index is 826. The number of urea groups is 1. The molecule has 3 rings (SSSR count). The van der Waals surface area contributed by atoms with Gasteiger partial charge in [-0.1, -0.05) is 13.8 Å². The molecule has 0 aromatic carbocycles. The topological polar surface area (TPSA) is 95.6 Å². The molecular formula is C18H24F2N4O4. The minimum Gasteiger partial charge on any atom is -0.370 e. The Morgan fingerprint density at radius 2 is 1.93 bits per heavy atom. The van der Waals surface area contributed by atoms with Crippen molar-refractivity contribution in [1.82, 2.24) is 20.0 Å². The standard InChI is InChI=1S/C18H24F2N4O4/c1-3-11-12(16(26)22-21-13(11)4-2)10-23-6-5-15(25)24(17(23)27)7-8-28-14-9-18(14,19)20/h14H,3-10H2,1-2H3,(H,22,26). The van der Waals surface area contributed by atoms with Crippen LogP contribution in [0, 0.1) is 0 Å². The number of carbonyl (C=O) groups is 2. The first-order valence-electron chi connectivity index (χ1n) is 9.46. The van der Waals surface area contributed by atoms with Crippen molar-refractivity contribution >= 4 is 11.9 Å². The summed E-state index contributed by atoms with van der Waals surface area (Å²) in [6.07, 6.45) is -0.103. The molecule has 2 heterocycles. The Morgan fingerprint density at radius 1 is 1.21 bits per heavy atom. The number of aromatic amines is 1. The van der Waals surface area contributed by atoms with E-state index in [1.807, 2.05) is 13.8 Å². The van der Waals surface area contributed by atoms with Gasteiger partial charge in [-0.15, -0.1) is 0 Å². The fraction of sp³-hybridized carbons (Fsp3) is 0.667. The molecule has 1 aliphatic carbocycles. The molecule has 1 unspecified atom stereocenters. The van der Waals surface area contributed by atoms with Crippen LogP contribution in [0.15, 0.2) is 4.79 Å². The maximum Gasteiger partial charge on any atom is 0.327 e. The quantitative estimate of drug-likeness (QED) is 0.716. The number of rotatable bonds is 8. The number of halogens is 2. The summed E-state index contributed by atoms with van der Waals surface area (Å²) >= 11 is 0. The molecule has 28 heavy (non-hydrogen) atoms. The molecule has 1 aromatic rings. The molecule has 0 radical (unpaired) electrons. The molecule has 8 nitrogen and oxygen atoms in total. The number of carbonyl (C=O) groups excluding carboxylic acids is 2. The van der Waals surface area contributed by atoms with Gasteiger partial charge in [0.2, 0.25) is 5.91 Å². The number of aryl methyl sites for hydroxylation is 1. The highest BCUT2D eigenvalue weighted by atomic mass is 19.3. The van der Waals surface area contributed by atoms with Crippen LogP contribution in [-0.2, 0) is 28.9 Å². The summed E-state index contributed by atoms with van der Waals surface area (Å²) in [7, 11) is 0. The molecule has 2 aliphatic rings. The first-order chi connectivity index (χ1) is 13.3. The van der Waals surface area contributed by atoms with Gasteiger partial charge < -0.3 is 9.64 Å². The predicted octanol–water partition coefficient (Wildman–Crippen LogP) is 1.47. The minimum absolute atomic E-state index is 0.0677. The maximum absolute atomic E-state index is 12.9. The Balaban J connectivity index is 1.69. The van der Waals surface area contributed by atoms with E-state index in [4.69, 9.17) is 4.74 Å². The van der Waals surface area contributed by atoms with Crippen LogP contribution in [0.4, 0.5) is 13.6 Å². The highest BCUT2D eigenvalue weighted by Gasteiger charge is 2.58. The van der Waals surface area contributed by atoms with E-state index in [1.54, 1.807) is 0 Å². The number of nitrogens with zero attached hydrogens (tertiary/aromatic N) is 3. The van der Waals surface area contributed by atoms with Crippen LogP contribution >= 0.6 is 0 Å². The van der Waals surface area contributed by atoms with Gasteiger partial charge >= 0.3 is 6.03 Å². The van der Waals surface area contributed by atoms with Gasteiger partial charge in [0.15, 0.2) is 0 Å². The molecule has 1 atom stereocenters. The van der Waals surface area contributed by atoms with Gasteiger partial charge in [0.1, 0.15) is 6.10 Å². The third-order valence-corrected chi connectivity index (χ3v) is 5.12. The van der Waals surface area contributed by atoms with Crippen molar-refractivity contribution in [1.29, 1.82) is 0 Å². The Morgan fingerprint density at radius 3 is 2.54 bits per heavy atom. The van der Waals surface area contributed by atoms with Gasteiger partial charge in [-0.25, -0.2) is 18.7 Å². The lowest BCUT2D eigenvalue weighted by Crippen LogP contribution is -2.53. The van der Waals surface area contributed by atoms with E-state index >= 15 is 0 Å². The maximum atomic E-state index is 12.9. The van der Waals surface area contributed by atoms with Crippen molar-refractivity contribution in [3.63, 3.8) is 0 Å². The van der Waals surface area contributed by atoms with Gasteiger partial charge in [-0.3, -0.25) is 14.5 Å². The predicted molar refractivity (Wildman–Crippen MR) is 95.1 cm³/mol. The van der Waals surface area contributed by atoms with Gasteiger partial charge in [0, 0.05) is 24.9 Å². The SMILES string of the molecule is CCc1n[nH]c(=O)c(CN2CCC(=O)N(CCOC3CC3(F)F)C2=O)c1CC. The second-order valence-corrected chi connectivity index (χ2v) is 6.99. The van der Waals surface area contributed by atoms with Gasteiger partial charge in [-0.2, -0.15) is 5.10 Å². The zero-order chi connectivity index (χ0) is 20.5. The van der Waals surface area contributed by atoms with Crippen molar-refractivity contribution < 1.29 is 23.1 Å². The molecule has 1 N–H and O–H groups in total. The molecule has 154 valence electrons. The average Bonchev–Trinajstić information content (AvgIpc) is 3.27. The van der Waals surface area contributed by atoms with Crippen LogP contribution in [-0.4, -0.2) is 63.7 Å². The van der Waals surface area contributed by atoms with Crippen LogP contribution in [0.25, 0.3) is 0 Å². The van der Waals surface area contributed by atoms with E-state index < -0.39 is 18.1 Å². The molecule has 3 amide bonds. The van der Waals surface area contributed by atoms with Crippen molar-refractivity contribution in [3.05, 3.63) is 27.2 Å². The van der Waals surface area contributed by atoms with Crippen molar-refractivity contribution in [2.75, 3.05) is 19.7 Å². The van der Waals surface area contributed by atoms with Crippen LogP contribution < -0.4 is 5.56 Å². The summed E-state index contributed by atoms with van der Waals surface area (Å²) in [5, 5.41) is 6.52. The highest BCUT2D eigenvalue weighted by molar-refractivity contribution is 5.96. The normalized spacial score (nSPS) is 21.4. The smallest absolute Gasteiger partial charge is 0.327 e. The van der Waals surface area contributed by atoms with E-state index in [9.17, 15) is 23.2 Å². The van der Waals surface area contributed by atoms with Crippen LogP contribution in [0.5, 0.6) is 0 Å². The molecule has 1 saturated carbocycles. The van der Waals surface area contributed by atoms with E-state index in [1.165, 1.54) is 4.90 Å². The fourth-order valence-corrected chi connectivity index (χ4v) is 3.39. The zero-order valence-electron chi connectivity index (χ0n) is 16.0. The van der Waals surface area contributed by atoms with Crippen molar-refractivity contribution in [3.8, 4) is 0 Å². The molecule has 0 bridgehead atoms. The number of ether oxygens (including phenoxy) is 1. The molecule has 1 aliphatic heterocycles. The monoisotopic (exact) mass is 398 g/mol. The summed E-state index contributed by atoms with van der Waals surface area (Å²) in [6.45, 7) is 3.88. The molecule has 1 saturated heterocycles. The number of nitrogens with one attached hydrogen (secondary N) is 1. The number of hydrogen-bond donors (Lipinski definition) is 1. The first kappa shape index (κ1) is 20.4. The number of amides is 3. The zero-order valence-corrected chi connectivity index (χ0v) is 16.0. The van der Waals surface area contributed by atoms with Crippen molar-refractivity contribution in [2.24, 2.45) is 0 Å². The summed E-state index contributed by atoms with van der Waals surface area (Å²) in [4.78, 5) is 39.5. The number of H-pyrrole nitrogens is 1. The number of aromatic nitrogens is 2. The van der Waals surface area contributed by atoms with Gasteiger partial charge in [-0.05, 0) is 18.4 Å². The van der Waals surface area contributed by atoms with Crippen LogP contribution in [0.1, 0.15) is 43.5 Å². The third kappa shape index (κ3) is 4.06. The lowest BCUT2D eigenvalue weighted by Gasteiger charge is -2.34. The first-order valence-corrected chi connectivity index (χ1v) is 9.46. The molecule has 2 fully saturated rings. The third-order valence-electron chi connectivity index (χ3n) is 5.12. The summed E-state index contributed by atoms with van der Waals surface area (Å²) in [5.41, 5.74) is 1.69. The fourth-order valence-electron chi connectivity index (χ4n) is 3.39. The highest BCUT2D eigenvalue weighted by Crippen LogP contribution is 2.44. The van der Waals surface area contributed by atoms with Gasteiger partial charge in [0.25, 0.3) is 11.5 Å². The van der Waals surface area contributed by atoms with Crippen LogP contribution in [0.2, 0.25) is 0 Å². The molecule has 0 spiro atoms. The molecule has 10 heteroatoms. The second kappa shape index (κ2) is 7.94. The Labute approximate surface area is 160 Å². The van der Waals surface area contributed by atoms with E-state index in [0.717, 1.165) is 16.2 Å². The van der Waals surface area contributed by atoms with Crippen LogP contribution in [0.3, 0.4) is 0 Å². The summed E-state index contributed by atoms with van der Waals surface area (Å²) in [5.74, 6) is -3.18. The molecule has 1 aromatic heterocycles. The summed E-state index contributed by atoms with van der Waals surface area (Å²) in [6, 6.07) is -0.543. The largest absolute Gasteiger partial charge is 0.370 e. The van der Waals surface area contributed by atoms with Gasteiger partial charge in [0.05, 0.1) is 25.4 Å². The van der Waals surface area contributed by atoms with E-state index in [2.05, 4.69) is 10.2 Å². The lowest BCUT2D eigenvalue weighted by molar-refractivity contribution is -0.132. The lowest BCUT2D eigenvalue weighted by atomic mass is 10.0. The Kier molecular flexibility index (Phi) is 5.78. The number of hydrogen-bond acceptors (Lipinski definition) is 5. The number of alkyl halides is 2. The second-order valence-electron chi connectivity index (χ2n) is 6.99.